The molecule has 5 nitrogen and oxygen atoms in total. The van der Waals surface area contributed by atoms with Gasteiger partial charge in [0.15, 0.2) is 0 Å². The molecule has 0 aliphatic heterocycles. The second-order valence-corrected chi connectivity index (χ2v) is 8.13. The Balaban J connectivity index is 4.40. The van der Waals surface area contributed by atoms with E-state index in [4.69, 9.17) is 0 Å². The molecule has 0 aromatic carbocycles. The van der Waals surface area contributed by atoms with E-state index in [-0.39, 0.29) is 0 Å². The van der Waals surface area contributed by atoms with Gasteiger partial charge in [-0.25, -0.2) is 0 Å². The molecule has 0 heterocycles. The zero-order chi connectivity index (χ0) is 19.8. The molecule has 0 spiro atoms. The first-order valence-electron chi connectivity index (χ1n) is 10.9. The number of rotatable bonds is 18. The third-order valence-corrected chi connectivity index (χ3v) is 4.81. The average molecular weight is 372 g/mol. The summed E-state index contributed by atoms with van der Waals surface area (Å²) in [7, 11) is 8.68. The fraction of sp³-hybridized carbons (Fsp3) is 1.00. The standard InChI is InChI=1S/C21H49N5/c1-8-11-24(16-14-22(4)5)18-20-26(13-10-3)21-19-25(12-9-2)17-15-23(6)7/h8-21H2,1-7H3. The molecule has 0 radical (unpaired) electrons. The molecule has 0 aliphatic rings. The van der Waals surface area contributed by atoms with Crippen molar-refractivity contribution in [1.29, 1.82) is 0 Å². The predicted octanol–water partition coefficient (Wildman–Crippen LogP) is 2.25. The molecule has 158 valence electrons. The monoisotopic (exact) mass is 371 g/mol. The molecule has 0 saturated carbocycles. The van der Waals surface area contributed by atoms with Gasteiger partial charge in [0.1, 0.15) is 0 Å². The third-order valence-electron chi connectivity index (χ3n) is 4.81. The van der Waals surface area contributed by atoms with Crippen LogP contribution in [0.2, 0.25) is 0 Å². The Morgan fingerprint density at radius 3 is 0.769 bits per heavy atom. The van der Waals surface area contributed by atoms with Crippen molar-refractivity contribution in [2.75, 3.05) is 100 Å². The highest BCUT2D eigenvalue weighted by Crippen LogP contribution is 2.00. The van der Waals surface area contributed by atoms with Crippen molar-refractivity contribution >= 4 is 0 Å². The molecule has 0 aromatic rings. The van der Waals surface area contributed by atoms with E-state index in [0.717, 1.165) is 13.1 Å². The molecule has 0 N–H and O–H groups in total. The molecule has 0 fully saturated rings. The van der Waals surface area contributed by atoms with E-state index in [0.29, 0.717) is 0 Å². The summed E-state index contributed by atoms with van der Waals surface area (Å²) in [6.07, 6.45) is 3.74. The van der Waals surface area contributed by atoms with Crippen molar-refractivity contribution in [2.24, 2.45) is 0 Å². The average Bonchev–Trinajstić information content (AvgIpc) is 2.58. The molecule has 0 amide bonds. The Morgan fingerprint density at radius 1 is 0.346 bits per heavy atom. The quantitative estimate of drug-likeness (QED) is 0.366. The van der Waals surface area contributed by atoms with Gasteiger partial charge in [-0.3, -0.25) is 0 Å². The van der Waals surface area contributed by atoms with E-state index < -0.39 is 0 Å². The molecule has 0 atom stereocenters. The first-order valence-corrected chi connectivity index (χ1v) is 10.9. The molecule has 5 heteroatoms. The lowest BCUT2D eigenvalue weighted by Gasteiger charge is -2.30. The van der Waals surface area contributed by atoms with Crippen LogP contribution in [0.4, 0.5) is 0 Å². The van der Waals surface area contributed by atoms with Crippen LogP contribution in [0.5, 0.6) is 0 Å². The van der Waals surface area contributed by atoms with Gasteiger partial charge < -0.3 is 24.5 Å². The number of hydrogen-bond donors (Lipinski definition) is 0. The molecule has 0 aliphatic carbocycles. The van der Waals surface area contributed by atoms with Crippen molar-refractivity contribution in [3.05, 3.63) is 0 Å². The van der Waals surface area contributed by atoms with Gasteiger partial charge in [-0.15, -0.1) is 0 Å². The molecule has 0 aromatic heterocycles. The minimum atomic E-state index is 1.16. The SMILES string of the molecule is CCCN(CCN(C)C)CCN(CCC)CCN(CCC)CCN(C)C. The minimum Gasteiger partial charge on any atom is -0.308 e. The van der Waals surface area contributed by atoms with E-state index in [2.05, 4.69) is 73.5 Å². The number of hydrogen-bond acceptors (Lipinski definition) is 5. The Bertz CT molecular complexity index is 270. The summed E-state index contributed by atoms with van der Waals surface area (Å²) in [4.78, 5) is 12.5. The van der Waals surface area contributed by atoms with E-state index in [9.17, 15) is 0 Å². The van der Waals surface area contributed by atoms with Crippen molar-refractivity contribution in [3.8, 4) is 0 Å². The Labute approximate surface area is 165 Å². The minimum absolute atomic E-state index is 1.16. The van der Waals surface area contributed by atoms with Crippen LogP contribution in [0.15, 0.2) is 0 Å². The lowest BCUT2D eigenvalue weighted by molar-refractivity contribution is 0.164. The highest BCUT2D eigenvalue weighted by Gasteiger charge is 2.11. The van der Waals surface area contributed by atoms with Crippen molar-refractivity contribution in [2.45, 2.75) is 40.0 Å². The first kappa shape index (κ1) is 25.8. The summed E-state index contributed by atoms with van der Waals surface area (Å²) in [5, 5.41) is 0. The number of nitrogens with zero attached hydrogens (tertiary/aromatic N) is 5. The maximum absolute atomic E-state index is 2.68. The van der Waals surface area contributed by atoms with Gasteiger partial charge in [0.2, 0.25) is 0 Å². The maximum Gasteiger partial charge on any atom is 0.0110 e. The largest absolute Gasteiger partial charge is 0.308 e. The van der Waals surface area contributed by atoms with Crippen LogP contribution in [0.25, 0.3) is 0 Å². The van der Waals surface area contributed by atoms with E-state index >= 15 is 0 Å². The second kappa shape index (κ2) is 16.9. The van der Waals surface area contributed by atoms with Crippen LogP contribution >= 0.6 is 0 Å². The normalized spacial score (nSPS) is 12.5. The summed E-state index contributed by atoms with van der Waals surface area (Å²) < 4.78 is 0. The zero-order valence-corrected chi connectivity index (χ0v) is 19.1. The van der Waals surface area contributed by atoms with Crippen molar-refractivity contribution in [1.82, 2.24) is 24.5 Å². The molecular weight excluding hydrogens is 322 g/mol. The smallest absolute Gasteiger partial charge is 0.0110 e. The first-order chi connectivity index (χ1) is 12.4. The lowest BCUT2D eigenvalue weighted by Crippen LogP contribution is -2.42. The van der Waals surface area contributed by atoms with E-state index in [1.165, 1.54) is 78.2 Å². The maximum atomic E-state index is 2.68. The van der Waals surface area contributed by atoms with Crippen LogP contribution in [-0.4, -0.2) is 125 Å². The molecule has 0 bridgehead atoms. The summed E-state index contributed by atoms with van der Waals surface area (Å²) in [5.41, 5.74) is 0. The molecule has 26 heavy (non-hydrogen) atoms. The van der Waals surface area contributed by atoms with Crippen LogP contribution in [0, 0.1) is 0 Å². The summed E-state index contributed by atoms with van der Waals surface area (Å²) >= 11 is 0. The fourth-order valence-electron chi connectivity index (χ4n) is 3.20. The molecule has 0 rings (SSSR count). The second-order valence-electron chi connectivity index (χ2n) is 8.13. The van der Waals surface area contributed by atoms with Crippen LogP contribution in [-0.2, 0) is 0 Å². The Hall–Kier alpha value is -0.200. The molecule has 0 saturated heterocycles. The van der Waals surface area contributed by atoms with Gasteiger partial charge in [-0.2, -0.15) is 0 Å². The highest BCUT2D eigenvalue weighted by atomic mass is 15.2. The Kier molecular flexibility index (Phi) is 16.8. The van der Waals surface area contributed by atoms with Crippen LogP contribution in [0.1, 0.15) is 40.0 Å². The lowest BCUT2D eigenvalue weighted by atomic mass is 10.3. The zero-order valence-electron chi connectivity index (χ0n) is 19.1. The highest BCUT2D eigenvalue weighted by molar-refractivity contribution is 4.68. The van der Waals surface area contributed by atoms with Crippen LogP contribution in [0.3, 0.4) is 0 Å². The summed E-state index contributed by atoms with van der Waals surface area (Å²) in [5.74, 6) is 0. The van der Waals surface area contributed by atoms with Crippen molar-refractivity contribution < 1.29 is 0 Å². The molecular formula is C21H49N5. The topological polar surface area (TPSA) is 16.2 Å². The van der Waals surface area contributed by atoms with Gasteiger partial charge >= 0.3 is 0 Å². The summed E-state index contributed by atoms with van der Waals surface area (Å²) in [6.45, 7) is 20.0. The van der Waals surface area contributed by atoms with Gasteiger partial charge in [0.05, 0.1) is 0 Å². The van der Waals surface area contributed by atoms with Crippen molar-refractivity contribution in [3.63, 3.8) is 0 Å². The van der Waals surface area contributed by atoms with Gasteiger partial charge in [-0.05, 0) is 67.1 Å². The fourth-order valence-corrected chi connectivity index (χ4v) is 3.20. The van der Waals surface area contributed by atoms with Gasteiger partial charge in [0.25, 0.3) is 0 Å². The predicted molar refractivity (Wildman–Crippen MR) is 117 cm³/mol. The van der Waals surface area contributed by atoms with E-state index in [1.54, 1.807) is 0 Å². The van der Waals surface area contributed by atoms with Crippen LogP contribution < -0.4 is 0 Å². The molecule has 0 unspecified atom stereocenters. The van der Waals surface area contributed by atoms with Gasteiger partial charge in [-0.1, -0.05) is 20.8 Å². The summed E-state index contributed by atoms with van der Waals surface area (Å²) in [6, 6.07) is 0. The third kappa shape index (κ3) is 14.9. The van der Waals surface area contributed by atoms with Gasteiger partial charge in [0, 0.05) is 52.4 Å². The number of likely N-dealkylation sites (N-methyl/N-ethyl adjacent to an activating group) is 2. The van der Waals surface area contributed by atoms with E-state index in [1.807, 2.05) is 0 Å². The Morgan fingerprint density at radius 2 is 0.577 bits per heavy atom.